The van der Waals surface area contributed by atoms with Crippen LogP contribution in [-0.4, -0.2) is 0 Å². The molecule has 2 aromatic rings. The quantitative estimate of drug-likeness (QED) is 0.689. The van der Waals surface area contributed by atoms with E-state index < -0.39 is 0 Å². The summed E-state index contributed by atoms with van der Waals surface area (Å²) in [5.41, 5.74) is 2.23. The topological polar surface area (TPSA) is 9.23 Å². The Labute approximate surface area is 124 Å². The molecular formula is C16H16Cl2O. The molecule has 2 aromatic carbocycles. The van der Waals surface area contributed by atoms with Crippen LogP contribution in [-0.2, 0) is 4.74 Å². The molecule has 100 valence electrons. The molecule has 0 saturated heterocycles. The van der Waals surface area contributed by atoms with Crippen LogP contribution in [0.1, 0.15) is 37.2 Å². The molecule has 0 amide bonds. The van der Waals surface area contributed by atoms with Crippen LogP contribution in [0.4, 0.5) is 0 Å². The lowest BCUT2D eigenvalue weighted by Gasteiger charge is -2.20. The Morgan fingerprint density at radius 3 is 1.32 bits per heavy atom. The summed E-state index contributed by atoms with van der Waals surface area (Å²) in [6.45, 7) is 4.07. The molecule has 2 atom stereocenters. The predicted molar refractivity (Wildman–Crippen MR) is 80.8 cm³/mol. The van der Waals surface area contributed by atoms with Gasteiger partial charge in [-0.2, -0.15) is 0 Å². The van der Waals surface area contributed by atoms with Crippen molar-refractivity contribution in [1.29, 1.82) is 0 Å². The highest BCUT2D eigenvalue weighted by Crippen LogP contribution is 2.27. The zero-order chi connectivity index (χ0) is 13.8. The van der Waals surface area contributed by atoms with Gasteiger partial charge in [-0.05, 0) is 49.2 Å². The van der Waals surface area contributed by atoms with Gasteiger partial charge in [0.2, 0.25) is 0 Å². The van der Waals surface area contributed by atoms with E-state index in [9.17, 15) is 0 Å². The van der Waals surface area contributed by atoms with E-state index in [2.05, 4.69) is 0 Å². The van der Waals surface area contributed by atoms with Gasteiger partial charge in [-0.25, -0.2) is 0 Å². The van der Waals surface area contributed by atoms with Crippen LogP contribution in [0.3, 0.4) is 0 Å². The molecule has 1 nitrogen and oxygen atoms in total. The number of rotatable bonds is 4. The van der Waals surface area contributed by atoms with E-state index in [1.165, 1.54) is 0 Å². The van der Waals surface area contributed by atoms with Gasteiger partial charge in [0, 0.05) is 10.0 Å². The van der Waals surface area contributed by atoms with Crippen LogP contribution in [0.5, 0.6) is 0 Å². The molecule has 0 heterocycles. The first-order valence-corrected chi connectivity index (χ1v) is 6.98. The molecule has 0 fully saturated rings. The third-order valence-corrected chi connectivity index (χ3v) is 3.59. The van der Waals surface area contributed by atoms with Gasteiger partial charge in [0.1, 0.15) is 0 Å². The summed E-state index contributed by atoms with van der Waals surface area (Å²) in [5, 5.41) is 1.48. The first-order chi connectivity index (χ1) is 9.06. The second kappa shape index (κ2) is 6.42. The molecular weight excluding hydrogens is 279 g/mol. The number of halogens is 2. The zero-order valence-corrected chi connectivity index (χ0v) is 12.4. The van der Waals surface area contributed by atoms with Crippen LogP contribution in [0.2, 0.25) is 10.0 Å². The Hall–Kier alpha value is -1.02. The summed E-state index contributed by atoms with van der Waals surface area (Å²) in [7, 11) is 0. The predicted octanol–water partition coefficient (Wildman–Crippen LogP) is 5.83. The summed E-state index contributed by atoms with van der Waals surface area (Å²) in [4.78, 5) is 0. The van der Waals surface area contributed by atoms with Gasteiger partial charge in [0.25, 0.3) is 0 Å². The second-order valence-corrected chi connectivity index (χ2v) is 5.40. The molecule has 0 saturated carbocycles. The van der Waals surface area contributed by atoms with E-state index in [0.29, 0.717) is 0 Å². The summed E-state index contributed by atoms with van der Waals surface area (Å²) in [6, 6.07) is 15.5. The SMILES string of the molecule is CC(OC(C)c1ccc(Cl)cc1)c1ccc(Cl)cc1. The maximum atomic E-state index is 6.02. The first kappa shape index (κ1) is 14.4. The van der Waals surface area contributed by atoms with Crippen LogP contribution >= 0.6 is 23.2 Å². The Bertz CT molecular complexity index is 470. The maximum absolute atomic E-state index is 6.02. The number of hydrogen-bond acceptors (Lipinski definition) is 1. The fourth-order valence-electron chi connectivity index (χ4n) is 1.93. The highest BCUT2D eigenvalue weighted by molar-refractivity contribution is 6.30. The fourth-order valence-corrected chi connectivity index (χ4v) is 2.18. The summed E-state index contributed by atoms with van der Waals surface area (Å²) >= 11 is 11.8. The van der Waals surface area contributed by atoms with Crippen LogP contribution in [0, 0.1) is 0 Å². The molecule has 19 heavy (non-hydrogen) atoms. The average Bonchev–Trinajstić information content (AvgIpc) is 2.40. The highest BCUT2D eigenvalue weighted by atomic mass is 35.5. The maximum Gasteiger partial charge on any atom is 0.0805 e. The molecule has 0 aliphatic heterocycles. The van der Waals surface area contributed by atoms with Crippen LogP contribution in [0.15, 0.2) is 48.5 Å². The van der Waals surface area contributed by atoms with Gasteiger partial charge < -0.3 is 4.74 Å². The summed E-state index contributed by atoms with van der Waals surface area (Å²) in [5.74, 6) is 0. The molecule has 2 unspecified atom stereocenters. The first-order valence-electron chi connectivity index (χ1n) is 6.22. The molecule has 0 aromatic heterocycles. The van der Waals surface area contributed by atoms with Crippen molar-refractivity contribution in [3.63, 3.8) is 0 Å². The standard InChI is InChI=1S/C16H16Cl2O/c1-11(13-3-7-15(17)8-4-13)19-12(2)14-5-9-16(18)10-6-14/h3-12H,1-2H3. The molecule has 0 aliphatic rings. The minimum Gasteiger partial charge on any atom is -0.366 e. The molecule has 0 N–H and O–H groups in total. The summed E-state index contributed by atoms with van der Waals surface area (Å²) in [6.07, 6.45) is 0.0332. The van der Waals surface area contributed by atoms with Gasteiger partial charge in [0.15, 0.2) is 0 Å². The van der Waals surface area contributed by atoms with E-state index in [0.717, 1.165) is 21.2 Å². The Morgan fingerprint density at radius 2 is 1.00 bits per heavy atom. The lowest BCUT2D eigenvalue weighted by molar-refractivity contribution is 0.00587. The highest BCUT2D eigenvalue weighted by Gasteiger charge is 2.12. The minimum absolute atomic E-state index is 0.0166. The van der Waals surface area contributed by atoms with Crippen LogP contribution in [0.25, 0.3) is 0 Å². The molecule has 3 heteroatoms. The average molecular weight is 295 g/mol. The smallest absolute Gasteiger partial charge is 0.0805 e. The number of ether oxygens (including phenoxy) is 1. The van der Waals surface area contributed by atoms with E-state index in [-0.39, 0.29) is 12.2 Å². The monoisotopic (exact) mass is 294 g/mol. The van der Waals surface area contributed by atoms with Crippen molar-refractivity contribution >= 4 is 23.2 Å². The van der Waals surface area contributed by atoms with Crippen molar-refractivity contribution in [3.05, 3.63) is 69.7 Å². The lowest BCUT2D eigenvalue weighted by atomic mass is 10.1. The van der Waals surface area contributed by atoms with Gasteiger partial charge in [-0.3, -0.25) is 0 Å². The minimum atomic E-state index is 0.0166. The Morgan fingerprint density at radius 1 is 0.684 bits per heavy atom. The Balaban J connectivity index is 2.03. The largest absolute Gasteiger partial charge is 0.366 e. The fraction of sp³-hybridized carbons (Fsp3) is 0.250. The lowest BCUT2D eigenvalue weighted by Crippen LogP contribution is -2.05. The van der Waals surface area contributed by atoms with E-state index in [1.807, 2.05) is 62.4 Å². The van der Waals surface area contributed by atoms with Crippen molar-refractivity contribution in [2.24, 2.45) is 0 Å². The van der Waals surface area contributed by atoms with E-state index in [4.69, 9.17) is 27.9 Å². The number of hydrogen-bond donors (Lipinski definition) is 0. The van der Waals surface area contributed by atoms with Gasteiger partial charge in [-0.15, -0.1) is 0 Å². The normalized spacial score (nSPS) is 14.1. The van der Waals surface area contributed by atoms with Crippen LogP contribution < -0.4 is 0 Å². The van der Waals surface area contributed by atoms with Gasteiger partial charge in [-0.1, -0.05) is 47.5 Å². The third-order valence-electron chi connectivity index (χ3n) is 3.09. The second-order valence-electron chi connectivity index (χ2n) is 4.52. The zero-order valence-electron chi connectivity index (χ0n) is 10.9. The van der Waals surface area contributed by atoms with Crippen molar-refractivity contribution in [2.75, 3.05) is 0 Å². The molecule has 0 bridgehead atoms. The Kier molecular flexibility index (Phi) is 4.87. The third kappa shape index (κ3) is 3.97. The summed E-state index contributed by atoms with van der Waals surface area (Å²) < 4.78 is 6.02. The molecule has 0 aliphatic carbocycles. The van der Waals surface area contributed by atoms with Crippen molar-refractivity contribution < 1.29 is 4.74 Å². The van der Waals surface area contributed by atoms with Crippen molar-refractivity contribution in [1.82, 2.24) is 0 Å². The van der Waals surface area contributed by atoms with Gasteiger partial charge in [0.05, 0.1) is 12.2 Å². The van der Waals surface area contributed by atoms with Gasteiger partial charge >= 0.3 is 0 Å². The number of benzene rings is 2. The van der Waals surface area contributed by atoms with E-state index in [1.54, 1.807) is 0 Å². The molecule has 2 rings (SSSR count). The van der Waals surface area contributed by atoms with E-state index >= 15 is 0 Å². The molecule has 0 spiro atoms. The van der Waals surface area contributed by atoms with Crippen molar-refractivity contribution in [2.45, 2.75) is 26.1 Å². The molecule has 0 radical (unpaired) electrons. The van der Waals surface area contributed by atoms with Crippen molar-refractivity contribution in [3.8, 4) is 0 Å².